The standard InChI is InChI=1S/C8H14N4O/c1-6(5-9)10-7-3-4-8(13-2)12-11-7/h3-4,6H,5,9H2,1-2H3,(H,10,11). The first-order valence-corrected chi connectivity index (χ1v) is 4.10. The third-order valence-electron chi connectivity index (χ3n) is 1.60. The van der Waals surface area contributed by atoms with Crippen LogP contribution in [0.1, 0.15) is 6.92 Å². The summed E-state index contributed by atoms with van der Waals surface area (Å²) in [6, 6.07) is 3.75. The lowest BCUT2D eigenvalue weighted by atomic mass is 10.3. The van der Waals surface area contributed by atoms with Crippen LogP contribution in [0.25, 0.3) is 0 Å². The molecular weight excluding hydrogens is 168 g/mol. The maximum atomic E-state index is 5.44. The van der Waals surface area contributed by atoms with Crippen molar-refractivity contribution in [3.05, 3.63) is 12.1 Å². The molecule has 1 aromatic heterocycles. The molecule has 3 N–H and O–H groups in total. The first-order chi connectivity index (χ1) is 6.26. The largest absolute Gasteiger partial charge is 0.480 e. The molecule has 1 aromatic rings. The summed E-state index contributed by atoms with van der Waals surface area (Å²) >= 11 is 0. The molecule has 1 rings (SSSR count). The van der Waals surface area contributed by atoms with Gasteiger partial charge in [0.1, 0.15) is 5.82 Å². The molecular formula is C8H14N4O. The maximum absolute atomic E-state index is 5.44. The minimum absolute atomic E-state index is 0.197. The predicted molar refractivity (Wildman–Crippen MR) is 50.7 cm³/mol. The fourth-order valence-corrected chi connectivity index (χ4v) is 0.817. The highest BCUT2D eigenvalue weighted by Gasteiger charge is 2.00. The van der Waals surface area contributed by atoms with Crippen LogP contribution in [0.5, 0.6) is 5.88 Å². The quantitative estimate of drug-likeness (QED) is 0.698. The van der Waals surface area contributed by atoms with Gasteiger partial charge in [-0.2, -0.15) is 0 Å². The van der Waals surface area contributed by atoms with Crippen LogP contribution in [0.3, 0.4) is 0 Å². The Kier molecular flexibility index (Phi) is 3.45. The van der Waals surface area contributed by atoms with E-state index in [1.165, 1.54) is 0 Å². The smallest absolute Gasteiger partial charge is 0.233 e. The molecule has 0 saturated carbocycles. The van der Waals surface area contributed by atoms with Gasteiger partial charge in [0, 0.05) is 18.7 Å². The number of aromatic nitrogens is 2. The van der Waals surface area contributed by atoms with Gasteiger partial charge in [0.2, 0.25) is 5.88 Å². The molecule has 1 unspecified atom stereocenters. The van der Waals surface area contributed by atoms with Crippen molar-refractivity contribution in [2.75, 3.05) is 19.0 Å². The molecule has 13 heavy (non-hydrogen) atoms. The SMILES string of the molecule is COc1ccc(NC(C)CN)nn1. The van der Waals surface area contributed by atoms with Gasteiger partial charge in [-0.05, 0) is 13.0 Å². The van der Waals surface area contributed by atoms with Crippen LogP contribution < -0.4 is 15.8 Å². The van der Waals surface area contributed by atoms with Crippen molar-refractivity contribution in [2.24, 2.45) is 5.73 Å². The van der Waals surface area contributed by atoms with Crippen LogP contribution in [0.15, 0.2) is 12.1 Å². The molecule has 1 heterocycles. The van der Waals surface area contributed by atoms with Gasteiger partial charge in [0.25, 0.3) is 0 Å². The average molecular weight is 182 g/mol. The summed E-state index contributed by atoms with van der Waals surface area (Å²) in [6.07, 6.45) is 0. The third kappa shape index (κ3) is 2.87. The summed E-state index contributed by atoms with van der Waals surface area (Å²) in [4.78, 5) is 0. The van der Waals surface area contributed by atoms with E-state index in [1.54, 1.807) is 19.2 Å². The van der Waals surface area contributed by atoms with E-state index in [2.05, 4.69) is 15.5 Å². The Balaban J connectivity index is 2.58. The van der Waals surface area contributed by atoms with E-state index >= 15 is 0 Å². The van der Waals surface area contributed by atoms with Crippen LogP contribution in [0, 0.1) is 0 Å². The van der Waals surface area contributed by atoms with Crippen LogP contribution >= 0.6 is 0 Å². The van der Waals surface area contributed by atoms with Gasteiger partial charge in [-0.25, -0.2) is 0 Å². The van der Waals surface area contributed by atoms with Gasteiger partial charge in [0.15, 0.2) is 0 Å². The Labute approximate surface area is 77.3 Å². The van der Waals surface area contributed by atoms with Crippen molar-refractivity contribution in [3.63, 3.8) is 0 Å². The van der Waals surface area contributed by atoms with Gasteiger partial charge in [-0.1, -0.05) is 0 Å². The zero-order valence-electron chi connectivity index (χ0n) is 7.82. The Bertz CT molecular complexity index is 249. The Hall–Kier alpha value is -1.36. The highest BCUT2D eigenvalue weighted by molar-refractivity contribution is 5.35. The third-order valence-corrected chi connectivity index (χ3v) is 1.60. The monoisotopic (exact) mass is 182 g/mol. The number of nitrogens with zero attached hydrogens (tertiary/aromatic N) is 2. The van der Waals surface area contributed by atoms with Crippen molar-refractivity contribution in [1.29, 1.82) is 0 Å². The Morgan fingerprint density at radius 2 is 2.31 bits per heavy atom. The van der Waals surface area contributed by atoms with Crippen LogP contribution in [0.4, 0.5) is 5.82 Å². The highest BCUT2D eigenvalue weighted by Crippen LogP contribution is 2.07. The molecule has 0 aliphatic heterocycles. The molecule has 0 aliphatic carbocycles. The molecule has 0 spiro atoms. The minimum Gasteiger partial charge on any atom is -0.480 e. The molecule has 5 heteroatoms. The van der Waals surface area contributed by atoms with E-state index in [9.17, 15) is 0 Å². The van der Waals surface area contributed by atoms with Gasteiger partial charge in [-0.15, -0.1) is 10.2 Å². The van der Waals surface area contributed by atoms with Gasteiger partial charge >= 0.3 is 0 Å². The van der Waals surface area contributed by atoms with Crippen molar-refractivity contribution >= 4 is 5.82 Å². The normalized spacial score (nSPS) is 12.2. The van der Waals surface area contributed by atoms with Gasteiger partial charge in [-0.3, -0.25) is 0 Å². The molecule has 0 radical (unpaired) electrons. The molecule has 5 nitrogen and oxygen atoms in total. The summed E-state index contributed by atoms with van der Waals surface area (Å²) in [6.45, 7) is 2.54. The fourth-order valence-electron chi connectivity index (χ4n) is 0.817. The molecule has 0 aromatic carbocycles. The van der Waals surface area contributed by atoms with Crippen molar-refractivity contribution in [1.82, 2.24) is 10.2 Å². The maximum Gasteiger partial charge on any atom is 0.233 e. The van der Waals surface area contributed by atoms with Gasteiger partial charge in [0.05, 0.1) is 7.11 Å². The van der Waals surface area contributed by atoms with E-state index in [0.29, 0.717) is 18.2 Å². The highest BCUT2D eigenvalue weighted by atomic mass is 16.5. The van der Waals surface area contributed by atoms with E-state index < -0.39 is 0 Å². The Morgan fingerprint density at radius 3 is 2.77 bits per heavy atom. The number of nitrogens with two attached hydrogens (primary N) is 1. The first-order valence-electron chi connectivity index (χ1n) is 4.10. The summed E-state index contributed by atoms with van der Waals surface area (Å²) in [5.41, 5.74) is 5.44. The zero-order valence-corrected chi connectivity index (χ0v) is 7.82. The fraction of sp³-hybridized carbons (Fsp3) is 0.500. The first kappa shape index (κ1) is 9.73. The van der Waals surface area contributed by atoms with Gasteiger partial charge < -0.3 is 15.8 Å². The Morgan fingerprint density at radius 1 is 1.54 bits per heavy atom. The lowest BCUT2D eigenvalue weighted by Gasteiger charge is -2.10. The van der Waals surface area contributed by atoms with Crippen molar-refractivity contribution in [3.8, 4) is 5.88 Å². The predicted octanol–water partition coefficient (Wildman–Crippen LogP) is 0.244. The number of methoxy groups -OCH3 is 1. The van der Waals surface area contributed by atoms with Crippen LogP contribution in [-0.2, 0) is 0 Å². The van der Waals surface area contributed by atoms with Crippen molar-refractivity contribution < 1.29 is 4.74 Å². The molecule has 1 atom stereocenters. The lowest BCUT2D eigenvalue weighted by Crippen LogP contribution is -2.25. The minimum atomic E-state index is 0.197. The van der Waals surface area contributed by atoms with E-state index in [0.717, 1.165) is 0 Å². The molecule has 72 valence electrons. The summed E-state index contributed by atoms with van der Waals surface area (Å²) in [5.74, 6) is 1.21. The van der Waals surface area contributed by atoms with Crippen LogP contribution in [-0.4, -0.2) is 29.9 Å². The molecule has 0 fully saturated rings. The van der Waals surface area contributed by atoms with E-state index in [1.807, 2.05) is 6.92 Å². The second-order valence-corrected chi connectivity index (χ2v) is 2.74. The molecule has 0 amide bonds. The van der Waals surface area contributed by atoms with E-state index in [4.69, 9.17) is 10.5 Å². The number of hydrogen-bond donors (Lipinski definition) is 2. The number of ether oxygens (including phenoxy) is 1. The number of anilines is 1. The zero-order chi connectivity index (χ0) is 9.68. The topological polar surface area (TPSA) is 73.1 Å². The second-order valence-electron chi connectivity index (χ2n) is 2.74. The molecule has 0 aliphatic rings. The summed E-state index contributed by atoms with van der Waals surface area (Å²) < 4.78 is 4.87. The number of hydrogen-bond acceptors (Lipinski definition) is 5. The number of nitrogens with one attached hydrogen (secondary N) is 1. The molecule has 0 saturated heterocycles. The lowest BCUT2D eigenvalue weighted by molar-refractivity contribution is 0.392. The summed E-state index contributed by atoms with van der Waals surface area (Å²) in [7, 11) is 1.56. The molecule has 0 bridgehead atoms. The second kappa shape index (κ2) is 4.61. The average Bonchev–Trinajstić information content (AvgIpc) is 2.19. The summed E-state index contributed by atoms with van der Waals surface area (Å²) in [5, 5.41) is 10.8. The van der Waals surface area contributed by atoms with E-state index in [-0.39, 0.29) is 6.04 Å². The van der Waals surface area contributed by atoms with Crippen molar-refractivity contribution in [2.45, 2.75) is 13.0 Å². The number of rotatable bonds is 4. The van der Waals surface area contributed by atoms with Crippen LogP contribution in [0.2, 0.25) is 0 Å².